The fourth-order valence-corrected chi connectivity index (χ4v) is 2.40. The van der Waals surface area contributed by atoms with Crippen LogP contribution in [-0.2, 0) is 11.3 Å². The topological polar surface area (TPSA) is 116 Å². The van der Waals surface area contributed by atoms with E-state index in [-0.39, 0.29) is 18.2 Å². The van der Waals surface area contributed by atoms with Crippen molar-refractivity contribution >= 4 is 23.2 Å². The Labute approximate surface area is 156 Å². The van der Waals surface area contributed by atoms with Crippen molar-refractivity contribution in [1.82, 2.24) is 25.2 Å². The van der Waals surface area contributed by atoms with E-state index in [2.05, 4.69) is 31.1 Å². The number of nitrogens with one attached hydrogen (secondary N) is 3. The number of phenolic OH excluding ortho intramolecular Hbond substituents is 1. The molecule has 0 atom stereocenters. The number of hydrogen-bond acceptors (Lipinski definition) is 5. The molecule has 2 heterocycles. The number of nitrogens with zero attached hydrogens (tertiary/aromatic N) is 4. The van der Waals surface area contributed by atoms with Gasteiger partial charge in [-0.3, -0.25) is 9.20 Å². The average Bonchev–Trinajstić information content (AvgIpc) is 3.09. The first-order valence-corrected chi connectivity index (χ1v) is 8.55. The van der Waals surface area contributed by atoms with E-state index in [4.69, 9.17) is 0 Å². The average molecular weight is 367 g/mol. The minimum absolute atomic E-state index is 0.0489. The summed E-state index contributed by atoms with van der Waals surface area (Å²) in [6.45, 7) is 2.97. The first-order valence-electron chi connectivity index (χ1n) is 8.55. The molecular formula is C18H21N7O2. The van der Waals surface area contributed by atoms with Crippen LogP contribution in [0, 0.1) is 0 Å². The number of carbonyl (C=O) groups excluding carboxylic acids is 1. The zero-order chi connectivity index (χ0) is 19.1. The van der Waals surface area contributed by atoms with Crippen molar-refractivity contribution in [2.75, 3.05) is 18.4 Å². The van der Waals surface area contributed by atoms with Gasteiger partial charge in [0.2, 0.25) is 5.91 Å². The Bertz CT molecular complexity index is 934. The van der Waals surface area contributed by atoms with E-state index in [1.54, 1.807) is 12.1 Å². The molecule has 2 aromatic heterocycles. The van der Waals surface area contributed by atoms with Gasteiger partial charge in [-0.15, -0.1) is 10.2 Å². The molecule has 0 saturated heterocycles. The summed E-state index contributed by atoms with van der Waals surface area (Å²) in [5.74, 6) is 1.13. The highest BCUT2D eigenvalue weighted by atomic mass is 16.3. The lowest BCUT2D eigenvalue weighted by molar-refractivity contribution is -0.115. The van der Waals surface area contributed by atoms with Gasteiger partial charge in [0.1, 0.15) is 12.3 Å². The number of aromatic hydroxyl groups is 1. The quantitative estimate of drug-likeness (QED) is 0.295. The third kappa shape index (κ3) is 4.94. The highest BCUT2D eigenvalue weighted by Gasteiger charge is 2.07. The van der Waals surface area contributed by atoms with Crippen molar-refractivity contribution in [3.8, 4) is 5.75 Å². The molecule has 4 N–H and O–H groups in total. The second kappa shape index (κ2) is 8.65. The number of carbonyl (C=O) groups is 1. The minimum atomic E-state index is -0.223. The number of hydrogen-bond donors (Lipinski definition) is 4. The van der Waals surface area contributed by atoms with Gasteiger partial charge in [-0.1, -0.05) is 6.07 Å². The summed E-state index contributed by atoms with van der Waals surface area (Å²) in [5.41, 5.74) is 1.37. The molecular weight excluding hydrogens is 346 g/mol. The van der Waals surface area contributed by atoms with Crippen LogP contribution in [0.2, 0.25) is 0 Å². The van der Waals surface area contributed by atoms with Crippen LogP contribution >= 0.6 is 0 Å². The first kappa shape index (κ1) is 18.2. The second-order valence-corrected chi connectivity index (χ2v) is 5.69. The van der Waals surface area contributed by atoms with Crippen molar-refractivity contribution in [3.05, 3.63) is 54.5 Å². The summed E-state index contributed by atoms with van der Waals surface area (Å²) in [6.07, 6.45) is 1.88. The van der Waals surface area contributed by atoms with Crippen LogP contribution in [0.4, 0.5) is 5.69 Å². The van der Waals surface area contributed by atoms with Crippen LogP contribution in [0.5, 0.6) is 5.75 Å². The molecule has 0 saturated carbocycles. The summed E-state index contributed by atoms with van der Waals surface area (Å²) in [5, 5.41) is 26.3. The van der Waals surface area contributed by atoms with Crippen molar-refractivity contribution in [2.24, 2.45) is 4.99 Å². The molecule has 1 amide bonds. The third-order valence-corrected chi connectivity index (χ3v) is 3.67. The molecule has 3 aromatic rings. The summed E-state index contributed by atoms with van der Waals surface area (Å²) in [4.78, 5) is 16.5. The van der Waals surface area contributed by atoms with Gasteiger partial charge < -0.3 is 21.1 Å². The highest BCUT2D eigenvalue weighted by molar-refractivity contribution is 5.95. The maximum Gasteiger partial charge on any atom is 0.243 e. The highest BCUT2D eigenvalue weighted by Crippen LogP contribution is 2.13. The Morgan fingerprint density at radius 1 is 1.15 bits per heavy atom. The summed E-state index contributed by atoms with van der Waals surface area (Å²) < 4.78 is 1.87. The zero-order valence-electron chi connectivity index (χ0n) is 14.9. The molecule has 0 aliphatic heterocycles. The van der Waals surface area contributed by atoms with Gasteiger partial charge in [-0.05, 0) is 43.3 Å². The van der Waals surface area contributed by atoms with E-state index in [1.807, 2.05) is 35.7 Å². The van der Waals surface area contributed by atoms with Gasteiger partial charge in [0, 0.05) is 18.4 Å². The van der Waals surface area contributed by atoms with E-state index in [0.717, 1.165) is 5.65 Å². The smallest absolute Gasteiger partial charge is 0.243 e. The van der Waals surface area contributed by atoms with E-state index >= 15 is 0 Å². The number of fused-ring (bicyclic) bond motifs is 1. The predicted octanol–water partition coefficient (Wildman–Crippen LogP) is 1.13. The Balaban J connectivity index is 1.58. The number of pyridine rings is 1. The summed E-state index contributed by atoms with van der Waals surface area (Å²) >= 11 is 0. The summed E-state index contributed by atoms with van der Waals surface area (Å²) in [6, 6.07) is 12.0. The lowest BCUT2D eigenvalue weighted by Gasteiger charge is -2.11. The van der Waals surface area contributed by atoms with Crippen LogP contribution in [-0.4, -0.2) is 44.7 Å². The monoisotopic (exact) mass is 367 g/mol. The largest absolute Gasteiger partial charge is 0.508 e. The molecule has 1 aromatic carbocycles. The van der Waals surface area contributed by atoms with E-state index in [1.165, 1.54) is 12.1 Å². The number of benzene rings is 1. The van der Waals surface area contributed by atoms with Crippen LogP contribution in [0.3, 0.4) is 0 Å². The van der Waals surface area contributed by atoms with Crippen molar-refractivity contribution in [1.29, 1.82) is 0 Å². The molecule has 140 valence electrons. The second-order valence-electron chi connectivity index (χ2n) is 5.69. The Morgan fingerprint density at radius 2 is 1.96 bits per heavy atom. The summed E-state index contributed by atoms with van der Waals surface area (Å²) in [7, 11) is 0. The molecule has 27 heavy (non-hydrogen) atoms. The van der Waals surface area contributed by atoms with E-state index < -0.39 is 0 Å². The number of aromatic nitrogens is 3. The van der Waals surface area contributed by atoms with E-state index in [9.17, 15) is 9.90 Å². The fourth-order valence-electron chi connectivity index (χ4n) is 2.40. The minimum Gasteiger partial charge on any atom is -0.508 e. The van der Waals surface area contributed by atoms with Crippen LogP contribution in [0.1, 0.15) is 12.7 Å². The van der Waals surface area contributed by atoms with Gasteiger partial charge >= 0.3 is 0 Å². The Morgan fingerprint density at radius 3 is 2.74 bits per heavy atom. The Hall–Kier alpha value is -3.62. The molecule has 0 radical (unpaired) electrons. The molecule has 0 aliphatic carbocycles. The fraction of sp³-hybridized carbons (Fsp3) is 0.222. The maximum atomic E-state index is 12.1. The molecule has 0 spiro atoms. The number of rotatable bonds is 6. The molecule has 0 bridgehead atoms. The Kier molecular flexibility index (Phi) is 5.83. The van der Waals surface area contributed by atoms with Crippen molar-refractivity contribution in [2.45, 2.75) is 13.5 Å². The molecule has 0 fully saturated rings. The normalized spacial score (nSPS) is 11.4. The van der Waals surface area contributed by atoms with Gasteiger partial charge in [0.05, 0.1) is 6.54 Å². The van der Waals surface area contributed by atoms with Crippen molar-refractivity contribution < 1.29 is 9.90 Å². The lowest BCUT2D eigenvalue weighted by Crippen LogP contribution is -2.41. The van der Waals surface area contributed by atoms with Gasteiger partial charge in [-0.2, -0.15) is 0 Å². The number of phenols is 1. The SMILES string of the molecule is CCNC(=NCc1nnc2ccccn12)NCC(=O)Nc1ccc(O)cc1. The number of aliphatic imine (C=N–C) groups is 1. The number of anilines is 1. The van der Waals surface area contributed by atoms with Crippen LogP contribution in [0.15, 0.2) is 53.7 Å². The zero-order valence-corrected chi connectivity index (χ0v) is 14.9. The predicted molar refractivity (Wildman–Crippen MR) is 103 cm³/mol. The van der Waals surface area contributed by atoms with Crippen molar-refractivity contribution in [3.63, 3.8) is 0 Å². The van der Waals surface area contributed by atoms with E-state index in [0.29, 0.717) is 30.6 Å². The molecule has 0 aliphatic rings. The van der Waals surface area contributed by atoms with Gasteiger partial charge in [0.15, 0.2) is 17.4 Å². The standard InChI is InChI=1S/C18H21N7O2/c1-2-19-18(20-11-16-24-23-15-5-3-4-10-25(15)16)21-12-17(27)22-13-6-8-14(26)9-7-13/h3-10,26H,2,11-12H2,1H3,(H,22,27)(H2,19,20,21). The lowest BCUT2D eigenvalue weighted by atomic mass is 10.3. The molecule has 9 nitrogen and oxygen atoms in total. The molecule has 9 heteroatoms. The first-order chi connectivity index (χ1) is 13.2. The van der Waals surface area contributed by atoms with Gasteiger partial charge in [0.25, 0.3) is 0 Å². The third-order valence-electron chi connectivity index (χ3n) is 3.67. The molecule has 3 rings (SSSR count). The maximum absolute atomic E-state index is 12.1. The number of amides is 1. The number of guanidine groups is 1. The van der Waals surface area contributed by atoms with Gasteiger partial charge in [-0.25, -0.2) is 4.99 Å². The van der Waals surface area contributed by atoms with Crippen LogP contribution < -0.4 is 16.0 Å². The molecule has 0 unspecified atom stereocenters. The van der Waals surface area contributed by atoms with Crippen LogP contribution in [0.25, 0.3) is 5.65 Å².